The molecule has 0 saturated carbocycles. The maximum absolute atomic E-state index is 13.5. The van der Waals surface area contributed by atoms with Gasteiger partial charge in [-0.05, 0) is 29.8 Å². The smallest absolute Gasteiger partial charge is 0.329 e. The highest BCUT2D eigenvalue weighted by atomic mass is 19.3. The predicted molar refractivity (Wildman–Crippen MR) is 155 cm³/mol. The Morgan fingerprint density at radius 3 is 2.64 bits per heavy atom. The predicted octanol–water partition coefficient (Wildman–Crippen LogP) is 3.42. The zero-order chi connectivity index (χ0) is 30.0. The van der Waals surface area contributed by atoms with E-state index in [-0.39, 0.29) is 17.7 Å². The molecule has 4 aromatic rings. The average molecular weight is 605 g/mol. The molecular formula is C30H30F2N8O4. The number of hydrogen-bond donors (Lipinski definition) is 2. The van der Waals surface area contributed by atoms with E-state index in [0.717, 1.165) is 12.0 Å². The van der Waals surface area contributed by atoms with Gasteiger partial charge in [-0.15, -0.1) is 5.10 Å². The number of oxazole rings is 1. The van der Waals surface area contributed by atoms with Gasteiger partial charge in [0.05, 0.1) is 19.3 Å². The first-order valence-electron chi connectivity index (χ1n) is 14.4. The Kier molecular flexibility index (Phi) is 7.77. The van der Waals surface area contributed by atoms with Gasteiger partial charge in [-0.2, -0.15) is 8.78 Å². The summed E-state index contributed by atoms with van der Waals surface area (Å²) in [5.41, 5.74) is 8.06. The van der Waals surface area contributed by atoms with E-state index in [9.17, 15) is 13.6 Å². The molecule has 2 fully saturated rings. The summed E-state index contributed by atoms with van der Waals surface area (Å²) in [6, 6.07) is 18.1. The summed E-state index contributed by atoms with van der Waals surface area (Å²) >= 11 is 0. The second-order valence-corrected chi connectivity index (χ2v) is 10.7. The van der Waals surface area contributed by atoms with Crippen molar-refractivity contribution in [2.24, 2.45) is 5.10 Å². The summed E-state index contributed by atoms with van der Waals surface area (Å²) in [6.07, 6.45) is 2.44. The number of hydrazine groups is 2. The van der Waals surface area contributed by atoms with Crippen LogP contribution in [0.15, 0.2) is 76.4 Å². The van der Waals surface area contributed by atoms with Crippen molar-refractivity contribution in [2.45, 2.75) is 25.1 Å². The molecule has 2 aromatic heterocycles. The molecule has 12 nitrogen and oxygen atoms in total. The Bertz CT molecular complexity index is 1660. The van der Waals surface area contributed by atoms with Crippen molar-refractivity contribution in [2.75, 3.05) is 39.4 Å². The topological polar surface area (TPSA) is 121 Å². The minimum Gasteiger partial charge on any atom is -0.488 e. The number of hydrogen-bond acceptors (Lipinski definition) is 11. The number of benzene rings is 2. The quantitative estimate of drug-likeness (QED) is 0.290. The molecule has 7 rings (SSSR count). The van der Waals surface area contributed by atoms with Gasteiger partial charge in [-0.3, -0.25) is 20.1 Å². The Labute approximate surface area is 251 Å². The van der Waals surface area contributed by atoms with Crippen LogP contribution in [0.3, 0.4) is 0 Å². The first-order chi connectivity index (χ1) is 21.5. The summed E-state index contributed by atoms with van der Waals surface area (Å²) in [5.74, 6) is 1.21. The monoisotopic (exact) mass is 604 g/mol. The van der Waals surface area contributed by atoms with Gasteiger partial charge < -0.3 is 18.8 Å². The number of pyridine rings is 1. The molecule has 0 spiro atoms. The van der Waals surface area contributed by atoms with Crippen molar-refractivity contribution in [3.63, 3.8) is 0 Å². The lowest BCUT2D eigenvalue weighted by molar-refractivity contribution is -0.0715. The minimum absolute atomic E-state index is 0.0238. The third-order valence-electron chi connectivity index (χ3n) is 7.83. The number of halogens is 2. The SMILES string of the molecule is O=C(c1cc(-c2nc3ccc(O[C@H]4CCOC4)cc3o2)ccn1)N1CCN(C(C2=NNN(C(F)F)N2)c2ccccc2)CC1. The number of nitrogens with one attached hydrogen (secondary N) is 2. The van der Waals surface area contributed by atoms with Crippen molar-refractivity contribution in [3.05, 3.63) is 78.1 Å². The van der Waals surface area contributed by atoms with E-state index >= 15 is 0 Å². The van der Waals surface area contributed by atoms with Crippen LogP contribution in [0.2, 0.25) is 0 Å². The summed E-state index contributed by atoms with van der Waals surface area (Å²) in [5, 5.41) is 4.67. The van der Waals surface area contributed by atoms with Gasteiger partial charge in [0.1, 0.15) is 23.1 Å². The maximum atomic E-state index is 13.5. The fraction of sp³-hybridized carbons (Fsp3) is 0.333. The van der Waals surface area contributed by atoms with Crippen LogP contribution in [0.25, 0.3) is 22.6 Å². The van der Waals surface area contributed by atoms with Crippen molar-refractivity contribution < 1.29 is 27.5 Å². The van der Waals surface area contributed by atoms with Gasteiger partial charge in [0.25, 0.3) is 5.91 Å². The summed E-state index contributed by atoms with van der Waals surface area (Å²) in [6.45, 7) is 0.339. The molecule has 14 heteroatoms. The third-order valence-corrected chi connectivity index (χ3v) is 7.83. The molecule has 2 aromatic carbocycles. The molecular weight excluding hydrogens is 574 g/mol. The number of carbonyl (C=O) groups is 1. The van der Waals surface area contributed by atoms with Crippen molar-refractivity contribution in [1.82, 2.24) is 35.8 Å². The van der Waals surface area contributed by atoms with Crippen molar-refractivity contribution in [3.8, 4) is 17.2 Å². The van der Waals surface area contributed by atoms with Gasteiger partial charge in [-0.1, -0.05) is 35.4 Å². The van der Waals surface area contributed by atoms with Crippen LogP contribution in [-0.2, 0) is 4.74 Å². The fourth-order valence-corrected chi connectivity index (χ4v) is 5.60. The highest BCUT2D eigenvalue weighted by molar-refractivity contribution is 5.93. The number of piperazine rings is 1. The Hall–Kier alpha value is -4.66. The van der Waals surface area contributed by atoms with Gasteiger partial charge in [0.15, 0.2) is 11.4 Å². The first-order valence-corrected chi connectivity index (χ1v) is 14.4. The molecule has 2 N–H and O–H groups in total. The van der Waals surface area contributed by atoms with Crippen LogP contribution in [-0.4, -0.2) is 88.7 Å². The Morgan fingerprint density at radius 1 is 1.05 bits per heavy atom. The van der Waals surface area contributed by atoms with Crippen LogP contribution in [0, 0.1) is 0 Å². The van der Waals surface area contributed by atoms with Crippen LogP contribution < -0.4 is 15.7 Å². The molecule has 0 bridgehead atoms. The average Bonchev–Trinajstić information content (AvgIpc) is 3.84. The van der Waals surface area contributed by atoms with Gasteiger partial charge in [0, 0.05) is 50.4 Å². The second kappa shape index (κ2) is 12.1. The maximum Gasteiger partial charge on any atom is 0.329 e. The van der Waals surface area contributed by atoms with Gasteiger partial charge >= 0.3 is 6.55 Å². The molecule has 228 valence electrons. The van der Waals surface area contributed by atoms with Gasteiger partial charge in [0.2, 0.25) is 5.89 Å². The van der Waals surface area contributed by atoms with Crippen LogP contribution in [0.1, 0.15) is 28.5 Å². The van der Waals surface area contributed by atoms with E-state index in [4.69, 9.17) is 13.9 Å². The van der Waals surface area contributed by atoms with Crippen LogP contribution >= 0.6 is 0 Å². The summed E-state index contributed by atoms with van der Waals surface area (Å²) in [4.78, 5) is 26.3. The van der Waals surface area contributed by atoms with E-state index in [1.54, 1.807) is 23.2 Å². The molecule has 5 heterocycles. The Balaban J connectivity index is 1.04. The largest absolute Gasteiger partial charge is 0.488 e. The van der Waals surface area contributed by atoms with E-state index in [1.165, 1.54) is 0 Å². The second-order valence-electron chi connectivity index (χ2n) is 10.7. The lowest BCUT2D eigenvalue weighted by atomic mass is 10.0. The number of amides is 1. The number of fused-ring (bicyclic) bond motifs is 1. The number of rotatable bonds is 8. The van der Waals surface area contributed by atoms with E-state index in [1.807, 2.05) is 48.5 Å². The lowest BCUT2D eigenvalue weighted by Gasteiger charge is -2.39. The number of aromatic nitrogens is 2. The number of nitrogens with zero attached hydrogens (tertiary/aromatic N) is 6. The molecule has 1 unspecified atom stereocenters. The summed E-state index contributed by atoms with van der Waals surface area (Å²) in [7, 11) is 0. The molecule has 0 aliphatic carbocycles. The molecule has 1 amide bonds. The highest BCUT2D eigenvalue weighted by Gasteiger charge is 2.35. The number of amidine groups is 1. The zero-order valence-corrected chi connectivity index (χ0v) is 23.6. The molecule has 3 aliphatic rings. The summed E-state index contributed by atoms with van der Waals surface area (Å²) < 4.78 is 43.9. The molecule has 2 atom stereocenters. The van der Waals surface area contributed by atoms with Crippen LogP contribution in [0.5, 0.6) is 5.75 Å². The highest BCUT2D eigenvalue weighted by Crippen LogP contribution is 2.29. The van der Waals surface area contributed by atoms with Crippen molar-refractivity contribution in [1.29, 1.82) is 0 Å². The van der Waals surface area contributed by atoms with Crippen LogP contribution in [0.4, 0.5) is 8.78 Å². The number of alkyl halides is 2. The third kappa shape index (κ3) is 5.78. The molecule has 2 saturated heterocycles. The normalized spacial score (nSPS) is 20.0. The molecule has 3 aliphatic heterocycles. The van der Waals surface area contributed by atoms with Crippen molar-refractivity contribution >= 4 is 22.8 Å². The lowest BCUT2D eigenvalue weighted by Crippen LogP contribution is -2.53. The number of carbonyl (C=O) groups excluding carboxylic acids is 1. The van der Waals surface area contributed by atoms with E-state index in [0.29, 0.717) is 78.6 Å². The number of hydrazone groups is 1. The molecule has 44 heavy (non-hydrogen) atoms. The fourth-order valence-electron chi connectivity index (χ4n) is 5.60. The van der Waals surface area contributed by atoms with E-state index in [2.05, 4.69) is 30.9 Å². The standard InChI is InChI=1S/C30H30F2N8O4/c31-30(32)40-36-27(35-37-40)26(19-4-2-1-3-5-19)38-11-13-39(14-12-38)29(41)24-16-20(8-10-33-24)28-34-23-7-6-21(17-25(23)44-28)43-22-9-15-42-18-22/h1-8,10,16-17,22,26,30,37H,9,11-15,18H2,(H,35,36)/t22-,26?/m0/s1. The zero-order valence-electron chi connectivity index (χ0n) is 23.6. The molecule has 0 radical (unpaired) electrons. The van der Waals surface area contributed by atoms with E-state index < -0.39 is 12.6 Å². The minimum atomic E-state index is -2.77. The van der Waals surface area contributed by atoms with Gasteiger partial charge in [-0.25, -0.2) is 10.5 Å². The first kappa shape index (κ1) is 28.1. The number of ether oxygens (including phenoxy) is 2. The Morgan fingerprint density at radius 2 is 1.89 bits per heavy atom.